The standard InChI is InChI=1S/C15H14ClNO/c16-13-3-1-2-12(8-13)15(9-18-10-15)11-4-6-14(17)7-5-11/h1-8H,9-10,17H2. The highest BCUT2D eigenvalue weighted by molar-refractivity contribution is 6.30. The zero-order chi connectivity index (χ0) is 12.6. The summed E-state index contributed by atoms with van der Waals surface area (Å²) < 4.78 is 5.44. The molecule has 2 N–H and O–H groups in total. The molecule has 2 nitrogen and oxygen atoms in total. The highest BCUT2D eigenvalue weighted by Gasteiger charge is 2.42. The Balaban J connectivity index is 2.07. The molecule has 0 saturated carbocycles. The van der Waals surface area contributed by atoms with Crippen LogP contribution >= 0.6 is 11.6 Å². The number of rotatable bonds is 2. The third-order valence-corrected chi connectivity index (χ3v) is 3.77. The third kappa shape index (κ3) is 1.78. The van der Waals surface area contributed by atoms with E-state index in [1.54, 1.807) is 0 Å². The van der Waals surface area contributed by atoms with Crippen molar-refractivity contribution in [2.24, 2.45) is 0 Å². The second-order valence-electron chi connectivity index (χ2n) is 4.71. The van der Waals surface area contributed by atoms with Gasteiger partial charge in [-0.1, -0.05) is 35.9 Å². The van der Waals surface area contributed by atoms with E-state index >= 15 is 0 Å². The van der Waals surface area contributed by atoms with E-state index in [0.717, 1.165) is 10.7 Å². The van der Waals surface area contributed by atoms with E-state index in [1.807, 2.05) is 30.3 Å². The van der Waals surface area contributed by atoms with Crippen molar-refractivity contribution >= 4 is 17.3 Å². The molecule has 3 heteroatoms. The van der Waals surface area contributed by atoms with Crippen molar-refractivity contribution in [3.63, 3.8) is 0 Å². The van der Waals surface area contributed by atoms with Gasteiger partial charge in [-0.2, -0.15) is 0 Å². The van der Waals surface area contributed by atoms with Gasteiger partial charge >= 0.3 is 0 Å². The molecule has 18 heavy (non-hydrogen) atoms. The zero-order valence-corrected chi connectivity index (χ0v) is 10.7. The van der Waals surface area contributed by atoms with E-state index < -0.39 is 0 Å². The Morgan fingerprint density at radius 2 is 1.72 bits per heavy atom. The van der Waals surface area contributed by atoms with Crippen molar-refractivity contribution < 1.29 is 4.74 Å². The minimum atomic E-state index is -0.0708. The fourth-order valence-electron chi connectivity index (χ4n) is 2.39. The van der Waals surface area contributed by atoms with E-state index in [9.17, 15) is 0 Å². The Morgan fingerprint density at radius 3 is 2.28 bits per heavy atom. The number of halogens is 1. The predicted molar refractivity (Wildman–Crippen MR) is 73.9 cm³/mol. The summed E-state index contributed by atoms with van der Waals surface area (Å²) >= 11 is 6.08. The van der Waals surface area contributed by atoms with Gasteiger partial charge in [0, 0.05) is 10.7 Å². The lowest BCUT2D eigenvalue weighted by atomic mass is 9.73. The molecule has 3 rings (SSSR count). The SMILES string of the molecule is Nc1ccc(C2(c3cccc(Cl)c3)COC2)cc1. The third-order valence-electron chi connectivity index (χ3n) is 3.54. The van der Waals surface area contributed by atoms with Crippen molar-refractivity contribution in [3.8, 4) is 0 Å². The summed E-state index contributed by atoms with van der Waals surface area (Å²) in [6.07, 6.45) is 0. The molecule has 0 radical (unpaired) electrons. The van der Waals surface area contributed by atoms with E-state index in [-0.39, 0.29) is 5.41 Å². The normalized spacial score (nSPS) is 17.2. The maximum absolute atomic E-state index is 6.08. The number of ether oxygens (including phenoxy) is 1. The Hall–Kier alpha value is -1.51. The van der Waals surface area contributed by atoms with E-state index in [2.05, 4.69) is 18.2 Å². The van der Waals surface area contributed by atoms with Crippen LogP contribution in [0.5, 0.6) is 0 Å². The number of anilines is 1. The summed E-state index contributed by atoms with van der Waals surface area (Å²) in [6, 6.07) is 16.0. The number of hydrogen-bond donors (Lipinski definition) is 1. The van der Waals surface area contributed by atoms with Crippen LogP contribution in [0.1, 0.15) is 11.1 Å². The topological polar surface area (TPSA) is 35.2 Å². The predicted octanol–water partition coefficient (Wildman–Crippen LogP) is 3.24. The molecule has 0 bridgehead atoms. The highest BCUT2D eigenvalue weighted by Crippen LogP contribution is 2.40. The highest BCUT2D eigenvalue weighted by atomic mass is 35.5. The monoisotopic (exact) mass is 259 g/mol. The number of nitrogen functional groups attached to an aromatic ring is 1. The number of hydrogen-bond acceptors (Lipinski definition) is 2. The Bertz CT molecular complexity index is 561. The molecule has 0 amide bonds. The minimum absolute atomic E-state index is 0.0708. The van der Waals surface area contributed by atoms with Gasteiger partial charge in [0.05, 0.1) is 18.6 Å². The molecular weight excluding hydrogens is 246 g/mol. The first kappa shape index (κ1) is 11.6. The molecule has 2 aromatic carbocycles. The zero-order valence-electron chi connectivity index (χ0n) is 9.90. The quantitative estimate of drug-likeness (QED) is 0.841. The molecule has 0 atom stereocenters. The molecule has 92 valence electrons. The molecule has 0 aromatic heterocycles. The van der Waals surface area contributed by atoms with Gasteiger partial charge in [-0.3, -0.25) is 0 Å². The molecule has 0 unspecified atom stereocenters. The van der Waals surface area contributed by atoms with Crippen LogP contribution in [-0.4, -0.2) is 13.2 Å². The number of benzene rings is 2. The van der Waals surface area contributed by atoms with E-state index in [0.29, 0.717) is 13.2 Å². The maximum Gasteiger partial charge on any atom is 0.0670 e. The molecule has 1 aliphatic rings. The van der Waals surface area contributed by atoms with Gasteiger partial charge in [0.1, 0.15) is 0 Å². The van der Waals surface area contributed by atoms with Crippen molar-refractivity contribution in [2.75, 3.05) is 18.9 Å². The van der Waals surface area contributed by atoms with Gasteiger partial charge in [-0.15, -0.1) is 0 Å². The van der Waals surface area contributed by atoms with E-state index in [1.165, 1.54) is 11.1 Å². The lowest BCUT2D eigenvalue weighted by Crippen LogP contribution is -2.47. The van der Waals surface area contributed by atoms with Crippen LogP contribution in [0.3, 0.4) is 0 Å². The number of nitrogens with two attached hydrogens (primary N) is 1. The van der Waals surface area contributed by atoms with Gasteiger partial charge in [-0.25, -0.2) is 0 Å². The fraction of sp³-hybridized carbons (Fsp3) is 0.200. The molecule has 2 aromatic rings. The maximum atomic E-state index is 6.08. The second kappa shape index (κ2) is 4.30. The summed E-state index contributed by atoms with van der Waals surface area (Å²) in [6.45, 7) is 1.38. The van der Waals surface area contributed by atoms with Crippen LogP contribution in [0.25, 0.3) is 0 Å². The van der Waals surface area contributed by atoms with Gasteiger partial charge < -0.3 is 10.5 Å². The van der Waals surface area contributed by atoms with Crippen LogP contribution in [0.15, 0.2) is 48.5 Å². The Morgan fingerprint density at radius 1 is 1.00 bits per heavy atom. The largest absolute Gasteiger partial charge is 0.399 e. The first-order valence-electron chi connectivity index (χ1n) is 5.90. The smallest absolute Gasteiger partial charge is 0.0670 e. The molecule has 0 spiro atoms. The summed E-state index contributed by atoms with van der Waals surface area (Å²) in [7, 11) is 0. The molecule has 1 fully saturated rings. The van der Waals surface area contributed by atoms with Gasteiger partial charge in [0.2, 0.25) is 0 Å². The fourth-order valence-corrected chi connectivity index (χ4v) is 2.58. The Kier molecular flexibility index (Phi) is 2.77. The molecular formula is C15H14ClNO. The minimum Gasteiger partial charge on any atom is -0.399 e. The summed E-state index contributed by atoms with van der Waals surface area (Å²) in [5.74, 6) is 0. The summed E-state index contributed by atoms with van der Waals surface area (Å²) in [5, 5.41) is 0.759. The molecule has 0 aliphatic carbocycles. The average molecular weight is 260 g/mol. The van der Waals surface area contributed by atoms with Crippen LogP contribution in [-0.2, 0) is 10.2 Å². The molecule has 1 heterocycles. The van der Waals surface area contributed by atoms with E-state index in [4.69, 9.17) is 22.1 Å². The van der Waals surface area contributed by atoms with Crippen molar-refractivity contribution in [1.29, 1.82) is 0 Å². The summed E-state index contributed by atoms with van der Waals surface area (Å²) in [5.41, 5.74) is 8.87. The van der Waals surface area contributed by atoms with Crippen LogP contribution in [0.4, 0.5) is 5.69 Å². The first-order valence-corrected chi connectivity index (χ1v) is 6.28. The van der Waals surface area contributed by atoms with Crippen molar-refractivity contribution in [3.05, 3.63) is 64.7 Å². The summed E-state index contributed by atoms with van der Waals surface area (Å²) in [4.78, 5) is 0. The van der Waals surface area contributed by atoms with Gasteiger partial charge in [0.25, 0.3) is 0 Å². The first-order chi connectivity index (χ1) is 8.71. The van der Waals surface area contributed by atoms with Crippen molar-refractivity contribution in [1.82, 2.24) is 0 Å². The molecule has 1 aliphatic heterocycles. The van der Waals surface area contributed by atoms with Crippen LogP contribution < -0.4 is 5.73 Å². The van der Waals surface area contributed by atoms with Gasteiger partial charge in [-0.05, 0) is 35.4 Å². The lowest BCUT2D eigenvalue weighted by molar-refractivity contribution is -0.0379. The van der Waals surface area contributed by atoms with Crippen LogP contribution in [0.2, 0.25) is 5.02 Å². The lowest BCUT2D eigenvalue weighted by Gasteiger charge is -2.42. The Labute approximate surface area is 111 Å². The van der Waals surface area contributed by atoms with Gasteiger partial charge in [0.15, 0.2) is 0 Å². The van der Waals surface area contributed by atoms with Crippen LogP contribution in [0, 0.1) is 0 Å². The van der Waals surface area contributed by atoms with Crippen molar-refractivity contribution in [2.45, 2.75) is 5.41 Å². The second-order valence-corrected chi connectivity index (χ2v) is 5.14. The average Bonchev–Trinajstić information content (AvgIpc) is 2.30. The molecule has 1 saturated heterocycles.